The standard InChI is InChI=1S/C25H19ClN2/c26-22-10-6-9-21(16-22)25-17-24(27-28(25)23-11-2-1-3-12-23)20-14-13-18-7-4-5-8-19(18)15-20/h1-16,25H,17H2/t25-/m1/s1. The van der Waals surface area contributed by atoms with Gasteiger partial charge in [-0.15, -0.1) is 0 Å². The van der Waals surface area contributed by atoms with E-state index in [0.29, 0.717) is 0 Å². The fourth-order valence-corrected chi connectivity index (χ4v) is 4.04. The Bertz CT molecular complexity index is 1170. The molecule has 0 aliphatic carbocycles. The summed E-state index contributed by atoms with van der Waals surface area (Å²) in [7, 11) is 0. The molecule has 0 amide bonds. The van der Waals surface area contributed by atoms with Gasteiger partial charge in [-0.3, -0.25) is 5.01 Å². The monoisotopic (exact) mass is 382 g/mol. The van der Waals surface area contributed by atoms with Gasteiger partial charge in [-0.05, 0) is 52.2 Å². The van der Waals surface area contributed by atoms with Crippen LogP contribution in [0.3, 0.4) is 0 Å². The molecule has 0 aromatic heterocycles. The van der Waals surface area contributed by atoms with Crippen LogP contribution in [-0.2, 0) is 0 Å². The summed E-state index contributed by atoms with van der Waals surface area (Å²) in [5, 5.41) is 10.4. The van der Waals surface area contributed by atoms with E-state index in [4.69, 9.17) is 16.7 Å². The summed E-state index contributed by atoms with van der Waals surface area (Å²) in [4.78, 5) is 0. The second kappa shape index (κ2) is 7.14. The van der Waals surface area contributed by atoms with Crippen molar-refractivity contribution in [2.24, 2.45) is 5.10 Å². The van der Waals surface area contributed by atoms with Gasteiger partial charge >= 0.3 is 0 Å². The zero-order chi connectivity index (χ0) is 18.9. The smallest absolute Gasteiger partial charge is 0.0832 e. The fraction of sp³-hybridized carbons (Fsp3) is 0.0800. The maximum Gasteiger partial charge on any atom is 0.0832 e. The number of hydrogen-bond donors (Lipinski definition) is 0. The first-order valence-corrected chi connectivity index (χ1v) is 9.82. The van der Waals surface area contributed by atoms with Crippen molar-refractivity contribution in [3.8, 4) is 0 Å². The number of anilines is 1. The Labute approximate surface area is 169 Å². The molecule has 0 spiro atoms. The number of hydrazone groups is 1. The van der Waals surface area contributed by atoms with Crippen LogP contribution < -0.4 is 5.01 Å². The van der Waals surface area contributed by atoms with Crippen molar-refractivity contribution >= 4 is 33.8 Å². The average Bonchev–Trinajstić information content (AvgIpc) is 3.20. The van der Waals surface area contributed by atoms with Crippen LogP contribution in [0.1, 0.15) is 23.6 Å². The molecule has 0 radical (unpaired) electrons. The zero-order valence-corrected chi connectivity index (χ0v) is 16.1. The molecule has 4 aromatic rings. The van der Waals surface area contributed by atoms with Crippen molar-refractivity contribution in [1.82, 2.24) is 0 Å². The molecule has 2 nitrogen and oxygen atoms in total. The Morgan fingerprint density at radius 2 is 1.54 bits per heavy atom. The van der Waals surface area contributed by atoms with Gasteiger partial charge in [-0.2, -0.15) is 5.10 Å². The Hall–Kier alpha value is -3.10. The highest BCUT2D eigenvalue weighted by Gasteiger charge is 2.30. The molecule has 0 saturated carbocycles. The molecule has 1 aliphatic heterocycles. The number of halogens is 1. The summed E-state index contributed by atoms with van der Waals surface area (Å²) in [6, 6.07) is 33.6. The average molecular weight is 383 g/mol. The summed E-state index contributed by atoms with van der Waals surface area (Å²) >= 11 is 6.28. The van der Waals surface area contributed by atoms with Crippen LogP contribution in [0.25, 0.3) is 10.8 Å². The Balaban J connectivity index is 1.58. The van der Waals surface area contributed by atoms with Crippen LogP contribution in [0.2, 0.25) is 5.02 Å². The fourth-order valence-electron chi connectivity index (χ4n) is 3.85. The first-order chi connectivity index (χ1) is 13.8. The van der Waals surface area contributed by atoms with Gasteiger partial charge in [0.25, 0.3) is 0 Å². The van der Waals surface area contributed by atoms with Crippen LogP contribution in [0, 0.1) is 0 Å². The van der Waals surface area contributed by atoms with Crippen LogP contribution in [0.15, 0.2) is 102 Å². The summed E-state index contributed by atoms with van der Waals surface area (Å²) in [5.74, 6) is 0. The lowest BCUT2D eigenvalue weighted by Gasteiger charge is -2.24. The molecule has 0 bridgehead atoms. The highest BCUT2D eigenvalue weighted by molar-refractivity contribution is 6.30. The van der Waals surface area contributed by atoms with Gasteiger partial charge in [0.05, 0.1) is 17.4 Å². The minimum Gasteiger partial charge on any atom is -0.257 e. The van der Waals surface area contributed by atoms with E-state index in [-0.39, 0.29) is 6.04 Å². The van der Waals surface area contributed by atoms with Crippen LogP contribution >= 0.6 is 11.6 Å². The maximum atomic E-state index is 6.28. The molecule has 0 fully saturated rings. The number of fused-ring (bicyclic) bond motifs is 1. The van der Waals surface area contributed by atoms with E-state index in [2.05, 4.69) is 65.7 Å². The van der Waals surface area contributed by atoms with Gasteiger partial charge in [-0.25, -0.2) is 0 Å². The predicted molar refractivity (Wildman–Crippen MR) is 118 cm³/mol. The van der Waals surface area contributed by atoms with Gasteiger partial charge in [-0.1, -0.05) is 78.3 Å². The van der Waals surface area contributed by atoms with E-state index >= 15 is 0 Å². The van der Waals surface area contributed by atoms with E-state index in [9.17, 15) is 0 Å². The number of hydrogen-bond acceptors (Lipinski definition) is 2. The van der Waals surface area contributed by atoms with Crippen molar-refractivity contribution in [3.05, 3.63) is 113 Å². The van der Waals surface area contributed by atoms with Crippen molar-refractivity contribution in [2.45, 2.75) is 12.5 Å². The van der Waals surface area contributed by atoms with E-state index in [1.807, 2.05) is 36.4 Å². The summed E-state index contributed by atoms with van der Waals surface area (Å²) < 4.78 is 0. The molecule has 0 N–H and O–H groups in total. The second-order valence-corrected chi connectivity index (χ2v) is 7.50. The number of rotatable bonds is 3. The van der Waals surface area contributed by atoms with Gasteiger partial charge in [0.1, 0.15) is 0 Å². The van der Waals surface area contributed by atoms with E-state index in [1.165, 1.54) is 21.9 Å². The summed E-state index contributed by atoms with van der Waals surface area (Å²) in [6.07, 6.45) is 0.841. The van der Waals surface area contributed by atoms with E-state index in [0.717, 1.165) is 22.8 Å². The third-order valence-corrected chi connectivity index (χ3v) is 5.48. The van der Waals surface area contributed by atoms with Crippen molar-refractivity contribution in [3.63, 3.8) is 0 Å². The molecule has 4 aromatic carbocycles. The molecular weight excluding hydrogens is 364 g/mol. The first-order valence-electron chi connectivity index (χ1n) is 9.44. The Morgan fingerprint density at radius 1 is 0.750 bits per heavy atom. The molecular formula is C25H19ClN2. The number of benzene rings is 4. The van der Waals surface area contributed by atoms with Gasteiger partial charge in [0, 0.05) is 11.4 Å². The molecule has 136 valence electrons. The van der Waals surface area contributed by atoms with Crippen molar-refractivity contribution in [1.29, 1.82) is 0 Å². The molecule has 0 saturated heterocycles. The molecule has 1 atom stereocenters. The highest BCUT2D eigenvalue weighted by Crippen LogP contribution is 2.37. The lowest BCUT2D eigenvalue weighted by Crippen LogP contribution is -2.18. The van der Waals surface area contributed by atoms with E-state index < -0.39 is 0 Å². The normalized spacial score (nSPS) is 16.4. The molecule has 1 aliphatic rings. The van der Waals surface area contributed by atoms with Crippen molar-refractivity contribution in [2.75, 3.05) is 5.01 Å². The molecule has 5 rings (SSSR count). The Kier molecular flexibility index (Phi) is 4.34. The predicted octanol–water partition coefficient (Wildman–Crippen LogP) is 6.85. The van der Waals surface area contributed by atoms with Gasteiger partial charge in [0.15, 0.2) is 0 Å². The minimum absolute atomic E-state index is 0.127. The summed E-state index contributed by atoms with van der Waals surface area (Å²) in [6.45, 7) is 0. The molecule has 28 heavy (non-hydrogen) atoms. The summed E-state index contributed by atoms with van der Waals surface area (Å²) in [5.41, 5.74) is 4.53. The van der Waals surface area contributed by atoms with Crippen molar-refractivity contribution < 1.29 is 0 Å². The second-order valence-electron chi connectivity index (χ2n) is 7.06. The highest BCUT2D eigenvalue weighted by atomic mass is 35.5. The molecule has 3 heteroatoms. The lowest BCUT2D eigenvalue weighted by atomic mass is 9.97. The van der Waals surface area contributed by atoms with Gasteiger partial charge in [0.2, 0.25) is 0 Å². The first kappa shape index (κ1) is 17.0. The number of nitrogens with zero attached hydrogens (tertiary/aromatic N) is 2. The maximum absolute atomic E-state index is 6.28. The molecule has 1 heterocycles. The topological polar surface area (TPSA) is 15.6 Å². The SMILES string of the molecule is Clc1cccc([C@H]2CC(c3ccc4ccccc4c3)=NN2c2ccccc2)c1. The third-order valence-electron chi connectivity index (χ3n) is 5.25. The largest absolute Gasteiger partial charge is 0.257 e. The lowest BCUT2D eigenvalue weighted by molar-refractivity contribution is 0.709. The zero-order valence-electron chi connectivity index (χ0n) is 15.3. The molecule has 0 unspecified atom stereocenters. The third kappa shape index (κ3) is 3.17. The Morgan fingerprint density at radius 3 is 2.36 bits per heavy atom. The number of para-hydroxylation sites is 1. The van der Waals surface area contributed by atoms with Crippen LogP contribution in [-0.4, -0.2) is 5.71 Å². The van der Waals surface area contributed by atoms with Crippen LogP contribution in [0.5, 0.6) is 0 Å². The minimum atomic E-state index is 0.127. The quantitative estimate of drug-likeness (QED) is 0.378. The van der Waals surface area contributed by atoms with Gasteiger partial charge < -0.3 is 0 Å². The van der Waals surface area contributed by atoms with Crippen LogP contribution in [0.4, 0.5) is 5.69 Å². The van der Waals surface area contributed by atoms with E-state index in [1.54, 1.807) is 0 Å².